The molecule has 0 aromatic carbocycles. The van der Waals surface area contributed by atoms with Crippen molar-refractivity contribution in [2.75, 3.05) is 11.4 Å². The number of amides is 1. The standard InChI is InChI=1S/C9H10BrN3O/c10-7-5-11-6-8(12-7)13-4-2-1-3-9(13)14/h5-6H,1-4H2. The Labute approximate surface area is 90.5 Å². The van der Waals surface area contributed by atoms with Gasteiger partial charge in [-0.2, -0.15) is 0 Å². The molecule has 1 saturated heterocycles. The summed E-state index contributed by atoms with van der Waals surface area (Å²) < 4.78 is 0.661. The van der Waals surface area contributed by atoms with Gasteiger partial charge in [0.1, 0.15) is 4.60 Å². The molecule has 0 bridgehead atoms. The minimum atomic E-state index is 0.142. The summed E-state index contributed by atoms with van der Waals surface area (Å²) in [5.41, 5.74) is 0. The van der Waals surface area contributed by atoms with Crippen LogP contribution in [-0.4, -0.2) is 22.4 Å². The van der Waals surface area contributed by atoms with E-state index in [2.05, 4.69) is 25.9 Å². The molecule has 1 fully saturated rings. The van der Waals surface area contributed by atoms with Gasteiger partial charge in [-0.1, -0.05) is 0 Å². The molecule has 1 aliphatic rings. The number of aromatic nitrogens is 2. The number of hydrogen-bond acceptors (Lipinski definition) is 3. The summed E-state index contributed by atoms with van der Waals surface area (Å²) in [5.74, 6) is 0.785. The van der Waals surface area contributed by atoms with Gasteiger partial charge in [-0.15, -0.1) is 0 Å². The van der Waals surface area contributed by atoms with Crippen LogP contribution in [0.5, 0.6) is 0 Å². The molecule has 1 amide bonds. The summed E-state index contributed by atoms with van der Waals surface area (Å²) in [6.07, 6.45) is 5.87. The summed E-state index contributed by atoms with van der Waals surface area (Å²) in [4.78, 5) is 21.4. The average molecular weight is 256 g/mol. The van der Waals surface area contributed by atoms with Gasteiger partial charge in [-0.05, 0) is 28.8 Å². The van der Waals surface area contributed by atoms with Crippen molar-refractivity contribution in [1.82, 2.24) is 9.97 Å². The summed E-state index contributed by atoms with van der Waals surface area (Å²) in [5, 5.41) is 0. The van der Waals surface area contributed by atoms with Crippen molar-refractivity contribution in [1.29, 1.82) is 0 Å². The maximum Gasteiger partial charge on any atom is 0.228 e. The molecule has 2 heterocycles. The molecule has 4 nitrogen and oxygen atoms in total. The average Bonchev–Trinajstić information content (AvgIpc) is 2.18. The van der Waals surface area contributed by atoms with E-state index in [9.17, 15) is 4.79 Å². The molecule has 1 aromatic rings. The first-order chi connectivity index (χ1) is 6.77. The van der Waals surface area contributed by atoms with Crippen LogP contribution >= 0.6 is 15.9 Å². The third-order valence-electron chi connectivity index (χ3n) is 2.19. The second-order valence-electron chi connectivity index (χ2n) is 3.20. The summed E-state index contributed by atoms with van der Waals surface area (Å²) >= 11 is 3.24. The Kier molecular flexibility index (Phi) is 2.77. The van der Waals surface area contributed by atoms with Crippen molar-refractivity contribution in [3.63, 3.8) is 0 Å². The van der Waals surface area contributed by atoms with Crippen molar-refractivity contribution in [3.8, 4) is 0 Å². The Hall–Kier alpha value is -0.970. The van der Waals surface area contributed by atoms with Gasteiger partial charge in [0.15, 0.2) is 5.82 Å². The van der Waals surface area contributed by atoms with E-state index in [0.717, 1.165) is 19.4 Å². The molecule has 0 N–H and O–H groups in total. The van der Waals surface area contributed by atoms with E-state index in [1.165, 1.54) is 0 Å². The van der Waals surface area contributed by atoms with Gasteiger partial charge in [0.05, 0.1) is 12.4 Å². The number of rotatable bonds is 1. The van der Waals surface area contributed by atoms with Crippen LogP contribution in [0.1, 0.15) is 19.3 Å². The van der Waals surface area contributed by atoms with E-state index in [4.69, 9.17) is 0 Å². The molecule has 1 aliphatic heterocycles. The Balaban J connectivity index is 2.24. The van der Waals surface area contributed by atoms with Gasteiger partial charge in [0.2, 0.25) is 5.91 Å². The highest BCUT2D eigenvalue weighted by Crippen LogP contribution is 2.19. The predicted octanol–water partition coefficient (Wildman–Crippen LogP) is 1.76. The molecule has 0 spiro atoms. The smallest absolute Gasteiger partial charge is 0.228 e. The second kappa shape index (κ2) is 4.04. The lowest BCUT2D eigenvalue weighted by Crippen LogP contribution is -2.35. The summed E-state index contributed by atoms with van der Waals surface area (Å²) in [7, 11) is 0. The van der Waals surface area contributed by atoms with E-state index >= 15 is 0 Å². The maximum absolute atomic E-state index is 11.5. The van der Waals surface area contributed by atoms with Crippen LogP contribution in [0.2, 0.25) is 0 Å². The number of anilines is 1. The van der Waals surface area contributed by atoms with Crippen molar-refractivity contribution in [3.05, 3.63) is 17.0 Å². The normalized spacial score (nSPS) is 17.2. The number of nitrogens with zero attached hydrogens (tertiary/aromatic N) is 3. The van der Waals surface area contributed by atoms with Crippen molar-refractivity contribution in [2.24, 2.45) is 0 Å². The zero-order chi connectivity index (χ0) is 9.97. The molecule has 0 unspecified atom stereocenters. The Morgan fingerprint density at radius 2 is 2.21 bits per heavy atom. The fourth-order valence-corrected chi connectivity index (χ4v) is 1.81. The topological polar surface area (TPSA) is 46.1 Å². The van der Waals surface area contributed by atoms with Gasteiger partial charge in [0.25, 0.3) is 0 Å². The first-order valence-electron chi connectivity index (χ1n) is 4.55. The van der Waals surface area contributed by atoms with Gasteiger partial charge in [-0.3, -0.25) is 14.7 Å². The first kappa shape index (κ1) is 9.58. The largest absolute Gasteiger partial charge is 0.296 e. The highest BCUT2D eigenvalue weighted by Gasteiger charge is 2.20. The molecule has 5 heteroatoms. The van der Waals surface area contributed by atoms with Crippen molar-refractivity contribution < 1.29 is 4.79 Å². The Morgan fingerprint density at radius 3 is 2.93 bits per heavy atom. The van der Waals surface area contributed by atoms with Crippen molar-refractivity contribution in [2.45, 2.75) is 19.3 Å². The van der Waals surface area contributed by atoms with Crippen molar-refractivity contribution >= 4 is 27.7 Å². The van der Waals surface area contributed by atoms with Crippen LogP contribution in [-0.2, 0) is 4.79 Å². The third kappa shape index (κ3) is 1.92. The lowest BCUT2D eigenvalue weighted by Gasteiger charge is -2.25. The monoisotopic (exact) mass is 255 g/mol. The first-order valence-corrected chi connectivity index (χ1v) is 5.34. The molecule has 0 radical (unpaired) electrons. The lowest BCUT2D eigenvalue weighted by atomic mass is 10.1. The van der Waals surface area contributed by atoms with E-state index < -0.39 is 0 Å². The van der Waals surface area contributed by atoms with E-state index in [0.29, 0.717) is 16.8 Å². The minimum Gasteiger partial charge on any atom is -0.296 e. The van der Waals surface area contributed by atoms with Crippen LogP contribution in [0, 0.1) is 0 Å². The maximum atomic E-state index is 11.5. The fourth-order valence-electron chi connectivity index (χ4n) is 1.51. The van der Waals surface area contributed by atoms with Crippen LogP contribution in [0.4, 0.5) is 5.82 Å². The van der Waals surface area contributed by atoms with Gasteiger partial charge in [0, 0.05) is 13.0 Å². The van der Waals surface area contributed by atoms with Crippen LogP contribution in [0.25, 0.3) is 0 Å². The molecule has 1 aromatic heterocycles. The minimum absolute atomic E-state index is 0.142. The number of halogens is 1. The Morgan fingerprint density at radius 1 is 1.36 bits per heavy atom. The number of carbonyl (C=O) groups excluding carboxylic acids is 1. The van der Waals surface area contributed by atoms with Crippen LogP contribution in [0.3, 0.4) is 0 Å². The molecule has 14 heavy (non-hydrogen) atoms. The summed E-state index contributed by atoms with van der Waals surface area (Å²) in [6.45, 7) is 0.754. The molecular weight excluding hydrogens is 246 g/mol. The van der Waals surface area contributed by atoms with E-state index in [-0.39, 0.29) is 5.91 Å². The molecule has 2 rings (SSSR count). The second-order valence-corrected chi connectivity index (χ2v) is 4.01. The summed E-state index contributed by atoms with van der Waals surface area (Å²) in [6, 6.07) is 0. The van der Waals surface area contributed by atoms with Gasteiger partial charge in [-0.25, -0.2) is 4.98 Å². The SMILES string of the molecule is O=C1CCCCN1c1cncc(Br)n1. The quantitative estimate of drug-likeness (QED) is 0.769. The molecule has 0 aliphatic carbocycles. The molecule has 0 saturated carbocycles. The number of carbonyl (C=O) groups is 1. The van der Waals surface area contributed by atoms with Crippen LogP contribution in [0.15, 0.2) is 17.0 Å². The molecule has 0 atom stereocenters. The third-order valence-corrected chi connectivity index (χ3v) is 2.57. The zero-order valence-corrected chi connectivity index (χ0v) is 9.20. The Bertz CT molecular complexity index is 356. The highest BCUT2D eigenvalue weighted by atomic mass is 79.9. The number of piperidine rings is 1. The fraction of sp³-hybridized carbons (Fsp3) is 0.444. The molecule has 74 valence electrons. The number of hydrogen-bond donors (Lipinski definition) is 0. The zero-order valence-electron chi connectivity index (χ0n) is 7.61. The van der Waals surface area contributed by atoms with E-state index in [1.807, 2.05) is 0 Å². The molecular formula is C9H10BrN3O. The van der Waals surface area contributed by atoms with E-state index in [1.54, 1.807) is 17.3 Å². The highest BCUT2D eigenvalue weighted by molar-refractivity contribution is 9.10. The lowest BCUT2D eigenvalue weighted by molar-refractivity contribution is -0.119. The predicted molar refractivity (Wildman–Crippen MR) is 55.9 cm³/mol. The van der Waals surface area contributed by atoms with Gasteiger partial charge < -0.3 is 0 Å². The van der Waals surface area contributed by atoms with Crippen LogP contribution < -0.4 is 4.90 Å². The van der Waals surface area contributed by atoms with Gasteiger partial charge >= 0.3 is 0 Å².